The van der Waals surface area contributed by atoms with Crippen molar-refractivity contribution in [1.82, 2.24) is 5.12 Å². The van der Waals surface area contributed by atoms with Gasteiger partial charge in [-0.05, 0) is 5.12 Å². The molecule has 1 saturated heterocycles. The monoisotopic (exact) mass is 247 g/mol. The Bertz CT molecular complexity index is 246. The highest BCUT2D eigenvalue weighted by molar-refractivity contribution is 5.00. The van der Waals surface area contributed by atoms with Crippen molar-refractivity contribution in [2.75, 3.05) is 0 Å². The molecular weight excluding hydrogens is 245 g/mol. The summed E-state index contributed by atoms with van der Waals surface area (Å²) in [7, 11) is 0. The molecule has 15 heavy (non-hydrogen) atoms. The Morgan fingerprint density at radius 3 is 1.20 bits per heavy atom. The third-order valence-electron chi connectivity index (χ3n) is 1.82. The summed E-state index contributed by atoms with van der Waals surface area (Å²) in [6.07, 6.45) is -3.12. The van der Waals surface area contributed by atoms with Crippen LogP contribution in [0.4, 0.5) is 39.6 Å². The van der Waals surface area contributed by atoms with Gasteiger partial charge >= 0.3 is 23.9 Å². The molecule has 10 heteroatoms. The number of hydrogen-bond donors (Lipinski definition) is 0. The molecule has 1 heterocycles. The molecule has 0 spiro atoms. The van der Waals surface area contributed by atoms with Crippen LogP contribution in [-0.4, -0.2) is 29.1 Å². The van der Waals surface area contributed by atoms with E-state index in [2.05, 4.69) is 0 Å². The molecule has 1 rings (SSSR count). The standard InChI is InChI=1S/C5H2F9N/c6-2(7)1-3(8,9)5(12,13)15(14)4(2,10)11/h1H2. The molecule has 0 aliphatic carbocycles. The van der Waals surface area contributed by atoms with Gasteiger partial charge in [-0.25, -0.2) is 0 Å². The van der Waals surface area contributed by atoms with Gasteiger partial charge in [0.2, 0.25) is 0 Å². The summed E-state index contributed by atoms with van der Waals surface area (Å²) >= 11 is 0. The van der Waals surface area contributed by atoms with Gasteiger partial charge in [0.05, 0.1) is 6.42 Å². The lowest BCUT2D eigenvalue weighted by Gasteiger charge is -2.43. The van der Waals surface area contributed by atoms with Gasteiger partial charge in [0.1, 0.15) is 0 Å². The van der Waals surface area contributed by atoms with Crippen molar-refractivity contribution < 1.29 is 39.6 Å². The maximum Gasteiger partial charge on any atom is 0.397 e. The average Bonchev–Trinajstić information content (AvgIpc) is 1.98. The fourth-order valence-corrected chi connectivity index (χ4v) is 0.955. The van der Waals surface area contributed by atoms with Crippen LogP contribution < -0.4 is 0 Å². The highest BCUT2D eigenvalue weighted by atomic mass is 19.4. The summed E-state index contributed by atoms with van der Waals surface area (Å²) in [5, 5.41) is -3.09. The smallest absolute Gasteiger partial charge is 0.198 e. The van der Waals surface area contributed by atoms with Gasteiger partial charge in [-0.3, -0.25) is 0 Å². The van der Waals surface area contributed by atoms with Gasteiger partial charge in [-0.2, -0.15) is 35.1 Å². The first-order valence-electron chi connectivity index (χ1n) is 3.34. The number of nitrogens with zero attached hydrogens (tertiary/aromatic N) is 1. The Labute approximate surface area is 76.4 Å². The first kappa shape index (κ1) is 12.4. The van der Waals surface area contributed by atoms with E-state index in [9.17, 15) is 39.6 Å². The second-order valence-electron chi connectivity index (χ2n) is 2.95. The van der Waals surface area contributed by atoms with Gasteiger partial charge in [0.25, 0.3) is 0 Å². The van der Waals surface area contributed by atoms with E-state index < -0.39 is 35.5 Å². The van der Waals surface area contributed by atoms with Crippen molar-refractivity contribution in [2.45, 2.75) is 30.4 Å². The van der Waals surface area contributed by atoms with Crippen LogP contribution in [0.1, 0.15) is 6.42 Å². The van der Waals surface area contributed by atoms with Gasteiger partial charge in [0.15, 0.2) is 0 Å². The van der Waals surface area contributed by atoms with E-state index in [1.54, 1.807) is 0 Å². The van der Waals surface area contributed by atoms with Gasteiger partial charge in [0, 0.05) is 0 Å². The Morgan fingerprint density at radius 1 is 0.667 bits per heavy atom. The van der Waals surface area contributed by atoms with Crippen LogP contribution in [0.2, 0.25) is 0 Å². The highest BCUT2D eigenvalue weighted by Crippen LogP contribution is 2.57. The number of alkyl halides is 8. The van der Waals surface area contributed by atoms with Gasteiger partial charge in [-0.1, -0.05) is 0 Å². The zero-order valence-electron chi connectivity index (χ0n) is 6.56. The van der Waals surface area contributed by atoms with Crippen LogP contribution in [0.25, 0.3) is 0 Å². The summed E-state index contributed by atoms with van der Waals surface area (Å²) in [5.74, 6) is -11.2. The number of halogens is 9. The molecule has 0 saturated carbocycles. The van der Waals surface area contributed by atoms with Crippen LogP contribution >= 0.6 is 0 Å². The van der Waals surface area contributed by atoms with E-state index in [0.29, 0.717) is 0 Å². The molecule has 0 aromatic heterocycles. The zero-order chi connectivity index (χ0) is 12.3. The second kappa shape index (κ2) is 2.71. The molecule has 1 fully saturated rings. The molecule has 0 radical (unpaired) electrons. The van der Waals surface area contributed by atoms with Crippen LogP contribution in [0.5, 0.6) is 0 Å². The van der Waals surface area contributed by atoms with Crippen molar-refractivity contribution >= 4 is 0 Å². The molecule has 0 amide bonds. The molecule has 1 nitrogen and oxygen atoms in total. The maximum absolute atomic E-state index is 12.2. The molecule has 1 aliphatic rings. The van der Waals surface area contributed by atoms with Crippen molar-refractivity contribution in [3.05, 3.63) is 0 Å². The average molecular weight is 247 g/mol. The summed E-state index contributed by atoms with van der Waals surface area (Å²) in [4.78, 5) is 0. The van der Waals surface area contributed by atoms with Crippen molar-refractivity contribution in [3.63, 3.8) is 0 Å². The molecule has 0 bridgehead atoms. The van der Waals surface area contributed by atoms with Crippen LogP contribution in [-0.2, 0) is 0 Å². The Hall–Kier alpha value is -0.670. The molecule has 0 aromatic carbocycles. The van der Waals surface area contributed by atoms with Gasteiger partial charge in [-0.15, -0.1) is 4.48 Å². The lowest BCUT2D eigenvalue weighted by atomic mass is 10.0. The Balaban J connectivity index is 3.24. The summed E-state index contributed by atoms with van der Waals surface area (Å²) in [6, 6.07) is -11.9. The van der Waals surface area contributed by atoms with Crippen molar-refractivity contribution in [3.8, 4) is 0 Å². The SMILES string of the molecule is FN1C(F)(F)C(F)(F)CC(F)(F)C1(F)F. The fraction of sp³-hybridized carbons (Fsp3) is 1.00. The first-order chi connectivity index (χ1) is 6.36. The summed E-state index contributed by atoms with van der Waals surface area (Å²) in [6.45, 7) is 0. The lowest BCUT2D eigenvalue weighted by molar-refractivity contribution is -0.482. The fourth-order valence-electron chi connectivity index (χ4n) is 0.955. The van der Waals surface area contributed by atoms with E-state index in [1.165, 1.54) is 0 Å². The second-order valence-corrected chi connectivity index (χ2v) is 2.95. The summed E-state index contributed by atoms with van der Waals surface area (Å²) in [5.41, 5.74) is 0. The van der Waals surface area contributed by atoms with Crippen LogP contribution in [0.3, 0.4) is 0 Å². The Kier molecular flexibility index (Phi) is 2.24. The Morgan fingerprint density at radius 2 is 0.933 bits per heavy atom. The minimum atomic E-state index is -5.97. The minimum Gasteiger partial charge on any atom is -0.198 e. The molecule has 90 valence electrons. The predicted molar refractivity (Wildman–Crippen MR) is 27.4 cm³/mol. The highest BCUT2D eigenvalue weighted by Gasteiger charge is 2.82. The molecule has 0 unspecified atom stereocenters. The lowest BCUT2D eigenvalue weighted by Crippen LogP contribution is -2.69. The van der Waals surface area contributed by atoms with Crippen LogP contribution in [0.15, 0.2) is 0 Å². The quantitative estimate of drug-likeness (QED) is 0.361. The number of piperidine rings is 1. The van der Waals surface area contributed by atoms with E-state index >= 15 is 0 Å². The molecule has 0 aromatic rings. The first-order valence-corrected chi connectivity index (χ1v) is 3.34. The molecule has 1 aliphatic heterocycles. The normalized spacial score (nSPS) is 32.6. The third-order valence-corrected chi connectivity index (χ3v) is 1.82. The van der Waals surface area contributed by atoms with Crippen LogP contribution in [0, 0.1) is 0 Å². The predicted octanol–water partition coefficient (Wildman–Crippen LogP) is 3.03. The van der Waals surface area contributed by atoms with E-state index in [0.717, 1.165) is 0 Å². The van der Waals surface area contributed by atoms with Crippen molar-refractivity contribution in [2.24, 2.45) is 0 Å². The minimum absolute atomic E-state index is 3.09. The largest absolute Gasteiger partial charge is 0.397 e. The van der Waals surface area contributed by atoms with E-state index in [-0.39, 0.29) is 0 Å². The van der Waals surface area contributed by atoms with E-state index in [4.69, 9.17) is 0 Å². The molecular formula is C5H2F9N. The molecule has 0 N–H and O–H groups in total. The number of hydrogen-bond acceptors (Lipinski definition) is 1. The number of rotatable bonds is 0. The summed E-state index contributed by atoms with van der Waals surface area (Å²) < 4.78 is 110. The maximum atomic E-state index is 12.2. The van der Waals surface area contributed by atoms with Gasteiger partial charge < -0.3 is 0 Å². The third kappa shape index (κ3) is 1.37. The zero-order valence-corrected chi connectivity index (χ0v) is 6.56. The molecule has 0 atom stereocenters. The van der Waals surface area contributed by atoms with E-state index in [1.807, 2.05) is 0 Å². The topological polar surface area (TPSA) is 3.24 Å². The van der Waals surface area contributed by atoms with Crippen molar-refractivity contribution in [1.29, 1.82) is 0 Å².